The molecule has 2 aromatic rings. The Hall–Kier alpha value is -2.34. The highest BCUT2D eigenvalue weighted by atomic mass is 32.2. The van der Waals surface area contributed by atoms with Gasteiger partial charge in [-0.1, -0.05) is 0 Å². The Kier molecular flexibility index (Phi) is 4.32. The van der Waals surface area contributed by atoms with Crippen molar-refractivity contribution in [2.45, 2.75) is 13.8 Å². The zero-order valence-corrected chi connectivity index (χ0v) is 14.8. The van der Waals surface area contributed by atoms with Crippen LogP contribution in [0.4, 0.5) is 4.39 Å². The third-order valence-corrected chi connectivity index (χ3v) is 5.19. The highest BCUT2D eigenvalue weighted by molar-refractivity contribution is 8.18. The zero-order valence-electron chi connectivity index (χ0n) is 14.0. The molecule has 124 valence electrons. The van der Waals surface area contributed by atoms with Crippen LogP contribution in [0.15, 0.2) is 40.2 Å². The van der Waals surface area contributed by atoms with Gasteiger partial charge in [0.1, 0.15) is 5.82 Å². The molecule has 0 bridgehead atoms. The van der Waals surface area contributed by atoms with E-state index in [0.29, 0.717) is 10.1 Å². The average Bonchev–Trinajstić information content (AvgIpc) is 2.99. The second-order valence-electron chi connectivity index (χ2n) is 5.62. The molecule has 4 nitrogen and oxygen atoms in total. The van der Waals surface area contributed by atoms with E-state index in [1.807, 2.05) is 26.0 Å². The SMILES string of the molecule is CN=C1S/C(=C\c2cc(C)n(-c3ccc(F)cc3)c2C)C(=O)N1C. The second kappa shape index (κ2) is 6.28. The fourth-order valence-corrected chi connectivity index (χ4v) is 3.73. The van der Waals surface area contributed by atoms with Crippen molar-refractivity contribution in [1.82, 2.24) is 9.47 Å². The topological polar surface area (TPSA) is 37.6 Å². The lowest BCUT2D eigenvalue weighted by atomic mass is 10.2. The van der Waals surface area contributed by atoms with E-state index in [1.54, 1.807) is 31.1 Å². The van der Waals surface area contributed by atoms with Crippen LogP contribution in [-0.2, 0) is 4.79 Å². The van der Waals surface area contributed by atoms with Crippen LogP contribution < -0.4 is 0 Å². The molecule has 0 aliphatic carbocycles. The molecule has 3 rings (SSSR count). The molecular weight excluding hydrogens is 325 g/mol. The maximum absolute atomic E-state index is 13.2. The summed E-state index contributed by atoms with van der Waals surface area (Å²) < 4.78 is 15.2. The molecule has 0 unspecified atom stereocenters. The molecule has 1 aliphatic heterocycles. The van der Waals surface area contributed by atoms with Crippen molar-refractivity contribution in [3.8, 4) is 5.69 Å². The van der Waals surface area contributed by atoms with Gasteiger partial charge in [0.2, 0.25) is 0 Å². The number of aliphatic imine (C=N–C) groups is 1. The van der Waals surface area contributed by atoms with Crippen LogP contribution in [0.2, 0.25) is 0 Å². The summed E-state index contributed by atoms with van der Waals surface area (Å²) >= 11 is 1.37. The maximum Gasteiger partial charge on any atom is 0.266 e. The van der Waals surface area contributed by atoms with Crippen LogP contribution in [0.25, 0.3) is 11.8 Å². The molecule has 24 heavy (non-hydrogen) atoms. The smallest absolute Gasteiger partial charge is 0.266 e. The van der Waals surface area contributed by atoms with E-state index < -0.39 is 0 Å². The summed E-state index contributed by atoms with van der Waals surface area (Å²) in [5.41, 5.74) is 3.90. The Balaban J connectivity index is 2.03. The lowest BCUT2D eigenvalue weighted by Crippen LogP contribution is -2.23. The summed E-state index contributed by atoms with van der Waals surface area (Å²) in [6, 6.07) is 8.42. The molecule has 1 saturated heterocycles. The van der Waals surface area contributed by atoms with Crippen molar-refractivity contribution in [3.63, 3.8) is 0 Å². The first-order valence-electron chi connectivity index (χ1n) is 7.51. The molecule has 0 atom stereocenters. The molecule has 1 fully saturated rings. The van der Waals surface area contributed by atoms with Gasteiger partial charge < -0.3 is 4.57 Å². The first-order valence-corrected chi connectivity index (χ1v) is 8.33. The van der Waals surface area contributed by atoms with E-state index in [9.17, 15) is 9.18 Å². The van der Waals surface area contributed by atoms with Gasteiger partial charge in [-0.25, -0.2) is 4.39 Å². The number of hydrogen-bond acceptors (Lipinski definition) is 3. The fraction of sp³-hybridized carbons (Fsp3) is 0.222. The second-order valence-corrected chi connectivity index (χ2v) is 6.63. The van der Waals surface area contributed by atoms with Gasteiger partial charge in [-0.3, -0.25) is 14.7 Å². The number of amides is 1. The molecule has 0 radical (unpaired) electrons. The zero-order chi connectivity index (χ0) is 17.4. The molecule has 0 N–H and O–H groups in total. The molecule has 2 heterocycles. The number of likely N-dealkylation sites (N-methyl/N-ethyl adjacent to an activating group) is 1. The Morgan fingerprint density at radius 3 is 2.46 bits per heavy atom. The molecule has 0 spiro atoms. The Bertz CT molecular complexity index is 865. The van der Waals surface area contributed by atoms with Gasteiger partial charge in [0.05, 0.1) is 4.91 Å². The number of benzene rings is 1. The molecule has 1 aromatic carbocycles. The van der Waals surface area contributed by atoms with E-state index in [2.05, 4.69) is 9.56 Å². The van der Waals surface area contributed by atoms with E-state index >= 15 is 0 Å². The quantitative estimate of drug-likeness (QED) is 0.779. The predicted molar refractivity (Wildman–Crippen MR) is 96.9 cm³/mol. The van der Waals surface area contributed by atoms with Crippen LogP contribution in [-0.4, -0.2) is 34.6 Å². The third kappa shape index (κ3) is 2.78. The van der Waals surface area contributed by atoms with E-state index in [0.717, 1.165) is 22.6 Å². The Labute approximate surface area is 144 Å². The van der Waals surface area contributed by atoms with E-state index in [4.69, 9.17) is 0 Å². The first kappa shape index (κ1) is 16.5. The summed E-state index contributed by atoms with van der Waals surface area (Å²) in [6.07, 6.45) is 1.89. The highest BCUT2D eigenvalue weighted by Crippen LogP contribution is 2.32. The minimum absolute atomic E-state index is 0.0489. The van der Waals surface area contributed by atoms with Gasteiger partial charge in [0, 0.05) is 31.2 Å². The summed E-state index contributed by atoms with van der Waals surface area (Å²) in [6.45, 7) is 3.98. The van der Waals surface area contributed by atoms with E-state index in [-0.39, 0.29) is 11.7 Å². The Morgan fingerprint density at radius 1 is 1.21 bits per heavy atom. The highest BCUT2D eigenvalue weighted by Gasteiger charge is 2.30. The molecule has 0 saturated carbocycles. The average molecular weight is 343 g/mol. The summed E-state index contributed by atoms with van der Waals surface area (Å²) in [5.74, 6) is -0.307. The third-order valence-electron chi connectivity index (χ3n) is 4.04. The largest absolute Gasteiger partial charge is 0.318 e. The van der Waals surface area contributed by atoms with Crippen molar-refractivity contribution in [3.05, 3.63) is 58.0 Å². The van der Waals surface area contributed by atoms with Crippen LogP contribution in [0.3, 0.4) is 0 Å². The van der Waals surface area contributed by atoms with Gasteiger partial charge >= 0.3 is 0 Å². The van der Waals surface area contributed by atoms with Crippen LogP contribution in [0, 0.1) is 19.7 Å². The number of amidine groups is 1. The van der Waals surface area contributed by atoms with Gasteiger partial charge in [-0.05, 0) is 67.6 Å². The fourth-order valence-electron chi connectivity index (χ4n) is 2.81. The van der Waals surface area contributed by atoms with Crippen LogP contribution in [0.5, 0.6) is 0 Å². The normalized spacial score (nSPS) is 18.2. The first-order chi connectivity index (χ1) is 11.4. The van der Waals surface area contributed by atoms with Gasteiger partial charge in [0.15, 0.2) is 5.17 Å². The molecule has 1 aliphatic rings. The number of aromatic nitrogens is 1. The number of thioether (sulfide) groups is 1. The Morgan fingerprint density at radius 2 is 1.88 bits per heavy atom. The van der Waals surface area contributed by atoms with Crippen molar-refractivity contribution in [2.24, 2.45) is 4.99 Å². The standard InChI is InChI=1S/C18H18FN3OS/c1-11-9-13(10-16-17(23)21(4)18(20-3)24-16)12(2)22(11)15-7-5-14(19)6-8-15/h5-10H,1-4H3/b16-10-,20-18?. The van der Waals surface area contributed by atoms with Crippen molar-refractivity contribution in [1.29, 1.82) is 0 Å². The van der Waals surface area contributed by atoms with Crippen molar-refractivity contribution in [2.75, 3.05) is 14.1 Å². The minimum atomic E-state index is -0.258. The van der Waals surface area contributed by atoms with Crippen LogP contribution >= 0.6 is 11.8 Å². The summed E-state index contributed by atoms with van der Waals surface area (Å²) in [4.78, 5) is 18.6. The lowest BCUT2D eigenvalue weighted by molar-refractivity contribution is -0.121. The van der Waals surface area contributed by atoms with E-state index in [1.165, 1.54) is 23.9 Å². The molecule has 1 aromatic heterocycles. The summed E-state index contributed by atoms with van der Waals surface area (Å²) in [5, 5.41) is 0.693. The summed E-state index contributed by atoms with van der Waals surface area (Å²) in [7, 11) is 3.40. The monoisotopic (exact) mass is 343 g/mol. The number of carbonyl (C=O) groups is 1. The molecule has 1 amide bonds. The number of hydrogen-bond donors (Lipinski definition) is 0. The number of rotatable bonds is 2. The molecule has 6 heteroatoms. The minimum Gasteiger partial charge on any atom is -0.318 e. The predicted octanol–water partition coefficient (Wildman–Crippen LogP) is 3.77. The van der Waals surface area contributed by atoms with Gasteiger partial charge in [-0.2, -0.15) is 0 Å². The molecular formula is C18H18FN3OS. The van der Waals surface area contributed by atoms with Crippen molar-refractivity contribution < 1.29 is 9.18 Å². The maximum atomic E-state index is 13.2. The number of aryl methyl sites for hydroxylation is 1. The van der Waals surface area contributed by atoms with Crippen LogP contribution in [0.1, 0.15) is 17.0 Å². The number of nitrogens with zero attached hydrogens (tertiary/aromatic N) is 3. The number of carbonyl (C=O) groups excluding carboxylic acids is 1. The lowest BCUT2D eigenvalue weighted by Gasteiger charge is -2.09. The van der Waals surface area contributed by atoms with Gasteiger partial charge in [0.25, 0.3) is 5.91 Å². The van der Waals surface area contributed by atoms with Crippen molar-refractivity contribution >= 4 is 28.9 Å². The van der Waals surface area contributed by atoms with Gasteiger partial charge in [-0.15, -0.1) is 0 Å². The number of halogens is 1.